The molecule has 0 saturated heterocycles. The Kier molecular flexibility index (Phi) is 3.72. The van der Waals surface area contributed by atoms with Gasteiger partial charge in [0.1, 0.15) is 0 Å². The van der Waals surface area contributed by atoms with Gasteiger partial charge in [-0.2, -0.15) is 0 Å². The largest absolute Gasteiger partial charge is 0.394 e. The van der Waals surface area contributed by atoms with Gasteiger partial charge in [-0.25, -0.2) is 4.98 Å². The second kappa shape index (κ2) is 5.08. The molecular formula is C13H23N3O. The van der Waals surface area contributed by atoms with Crippen molar-refractivity contribution in [1.82, 2.24) is 9.55 Å². The first-order valence-electron chi connectivity index (χ1n) is 6.59. The monoisotopic (exact) mass is 237 g/mol. The minimum atomic E-state index is -0.162. The summed E-state index contributed by atoms with van der Waals surface area (Å²) in [7, 11) is 0. The number of aromatic nitrogens is 2. The van der Waals surface area contributed by atoms with Crippen molar-refractivity contribution in [2.75, 3.05) is 11.9 Å². The van der Waals surface area contributed by atoms with Gasteiger partial charge in [-0.15, -0.1) is 0 Å². The van der Waals surface area contributed by atoms with Crippen LogP contribution in [0.15, 0.2) is 12.4 Å². The highest BCUT2D eigenvalue weighted by Crippen LogP contribution is 2.33. The molecule has 2 rings (SSSR count). The molecule has 1 aliphatic carbocycles. The van der Waals surface area contributed by atoms with Gasteiger partial charge in [0.25, 0.3) is 0 Å². The van der Waals surface area contributed by atoms with Gasteiger partial charge in [0.2, 0.25) is 5.95 Å². The minimum absolute atomic E-state index is 0.162. The summed E-state index contributed by atoms with van der Waals surface area (Å²) in [6, 6.07) is 0. The van der Waals surface area contributed by atoms with Gasteiger partial charge in [0.05, 0.1) is 12.1 Å². The summed E-state index contributed by atoms with van der Waals surface area (Å²) in [6.45, 7) is 5.48. The molecule has 1 aliphatic rings. The third-order valence-electron chi connectivity index (χ3n) is 3.97. The molecule has 4 nitrogen and oxygen atoms in total. The van der Waals surface area contributed by atoms with E-state index in [-0.39, 0.29) is 12.1 Å². The molecule has 1 fully saturated rings. The summed E-state index contributed by atoms with van der Waals surface area (Å²) in [5.41, 5.74) is -0.162. The van der Waals surface area contributed by atoms with Crippen LogP contribution in [-0.4, -0.2) is 26.8 Å². The van der Waals surface area contributed by atoms with Crippen LogP contribution in [0.2, 0.25) is 0 Å². The average Bonchev–Trinajstić information content (AvgIpc) is 2.79. The molecular weight excluding hydrogens is 214 g/mol. The first-order chi connectivity index (χ1) is 8.19. The minimum Gasteiger partial charge on any atom is -0.394 e. The lowest BCUT2D eigenvalue weighted by atomic mass is 9.77. The van der Waals surface area contributed by atoms with Gasteiger partial charge in [-0.3, -0.25) is 0 Å². The molecule has 0 aliphatic heterocycles. The topological polar surface area (TPSA) is 50.1 Å². The molecule has 0 aromatic carbocycles. The summed E-state index contributed by atoms with van der Waals surface area (Å²) in [4.78, 5) is 4.33. The Morgan fingerprint density at radius 3 is 2.82 bits per heavy atom. The number of rotatable bonds is 4. The molecule has 1 heterocycles. The molecule has 0 spiro atoms. The van der Waals surface area contributed by atoms with E-state index in [1.807, 2.05) is 12.4 Å². The molecule has 1 aromatic rings. The molecule has 4 heteroatoms. The van der Waals surface area contributed by atoms with E-state index >= 15 is 0 Å². The van der Waals surface area contributed by atoms with Crippen LogP contribution in [0.25, 0.3) is 0 Å². The number of aryl methyl sites for hydroxylation is 1. The Morgan fingerprint density at radius 1 is 1.53 bits per heavy atom. The lowest BCUT2D eigenvalue weighted by Crippen LogP contribution is -2.45. The van der Waals surface area contributed by atoms with Crippen LogP contribution in [0.1, 0.15) is 39.5 Å². The normalized spacial score (nSPS) is 29.2. The number of aliphatic hydroxyl groups is 1. The Balaban J connectivity index is 2.09. The Hall–Kier alpha value is -1.03. The van der Waals surface area contributed by atoms with E-state index in [1.54, 1.807) is 0 Å². The van der Waals surface area contributed by atoms with E-state index in [2.05, 4.69) is 28.7 Å². The van der Waals surface area contributed by atoms with Crippen molar-refractivity contribution < 1.29 is 5.11 Å². The van der Waals surface area contributed by atoms with Crippen molar-refractivity contribution >= 4 is 5.95 Å². The van der Waals surface area contributed by atoms with Crippen molar-refractivity contribution in [3.05, 3.63) is 12.4 Å². The van der Waals surface area contributed by atoms with E-state index in [0.29, 0.717) is 0 Å². The predicted molar refractivity (Wildman–Crippen MR) is 69.0 cm³/mol. The van der Waals surface area contributed by atoms with E-state index < -0.39 is 0 Å². The van der Waals surface area contributed by atoms with Crippen LogP contribution in [-0.2, 0) is 6.54 Å². The van der Waals surface area contributed by atoms with Crippen molar-refractivity contribution in [3.8, 4) is 0 Å². The maximum atomic E-state index is 9.69. The average molecular weight is 237 g/mol. The number of nitrogens with one attached hydrogen (secondary N) is 1. The smallest absolute Gasteiger partial charge is 0.203 e. The Morgan fingerprint density at radius 2 is 2.24 bits per heavy atom. The Bertz CT molecular complexity index is 353. The fourth-order valence-electron chi connectivity index (χ4n) is 2.56. The van der Waals surface area contributed by atoms with Crippen LogP contribution in [0.3, 0.4) is 0 Å². The highest BCUT2D eigenvalue weighted by atomic mass is 16.3. The Labute approximate surface area is 103 Å². The fourth-order valence-corrected chi connectivity index (χ4v) is 2.56. The van der Waals surface area contributed by atoms with E-state index in [9.17, 15) is 5.11 Å². The van der Waals surface area contributed by atoms with Gasteiger partial charge in [0, 0.05) is 18.9 Å². The van der Waals surface area contributed by atoms with Crippen LogP contribution < -0.4 is 5.32 Å². The highest BCUT2D eigenvalue weighted by Gasteiger charge is 2.34. The molecule has 0 amide bonds. The number of nitrogens with zero attached hydrogens (tertiary/aromatic N) is 2. The van der Waals surface area contributed by atoms with Crippen LogP contribution in [0.5, 0.6) is 0 Å². The number of hydrogen-bond donors (Lipinski definition) is 2. The van der Waals surface area contributed by atoms with Gasteiger partial charge in [-0.05, 0) is 38.5 Å². The van der Waals surface area contributed by atoms with E-state index in [1.165, 1.54) is 12.8 Å². The van der Waals surface area contributed by atoms with E-state index in [0.717, 1.165) is 31.3 Å². The molecule has 2 N–H and O–H groups in total. The van der Waals surface area contributed by atoms with Crippen LogP contribution >= 0.6 is 0 Å². The van der Waals surface area contributed by atoms with Gasteiger partial charge >= 0.3 is 0 Å². The molecule has 0 atom stereocenters. The lowest BCUT2D eigenvalue weighted by Gasteiger charge is -2.39. The number of hydrogen-bond acceptors (Lipinski definition) is 3. The quantitative estimate of drug-likeness (QED) is 0.844. The predicted octanol–water partition coefficient (Wildman–Crippen LogP) is 2.26. The van der Waals surface area contributed by atoms with Gasteiger partial charge in [0.15, 0.2) is 0 Å². The van der Waals surface area contributed by atoms with Crippen molar-refractivity contribution in [1.29, 1.82) is 0 Å². The molecule has 1 saturated carbocycles. The zero-order valence-corrected chi connectivity index (χ0v) is 10.8. The first-order valence-corrected chi connectivity index (χ1v) is 6.59. The fraction of sp³-hybridized carbons (Fsp3) is 0.769. The lowest BCUT2D eigenvalue weighted by molar-refractivity contribution is 0.154. The van der Waals surface area contributed by atoms with Crippen LogP contribution in [0, 0.1) is 5.92 Å². The zero-order chi connectivity index (χ0) is 12.3. The molecule has 0 radical (unpaired) electrons. The molecule has 0 unspecified atom stereocenters. The van der Waals surface area contributed by atoms with Crippen molar-refractivity contribution in [2.45, 2.75) is 51.6 Å². The summed E-state index contributed by atoms with van der Waals surface area (Å²) in [6.07, 6.45) is 8.20. The van der Waals surface area contributed by atoms with Crippen molar-refractivity contribution in [3.63, 3.8) is 0 Å². The van der Waals surface area contributed by atoms with E-state index in [4.69, 9.17) is 0 Å². The summed E-state index contributed by atoms with van der Waals surface area (Å²) in [5, 5.41) is 13.2. The highest BCUT2D eigenvalue weighted by molar-refractivity contribution is 5.31. The van der Waals surface area contributed by atoms with Gasteiger partial charge in [-0.1, -0.05) is 6.92 Å². The summed E-state index contributed by atoms with van der Waals surface area (Å²) in [5.74, 6) is 1.67. The second-order valence-corrected chi connectivity index (χ2v) is 5.28. The third kappa shape index (κ3) is 2.63. The standard InChI is InChI=1S/C13H23N3O/c1-3-16-9-8-14-12(16)15-13(10-17)6-4-11(2)5-7-13/h8-9,11,17H,3-7,10H2,1-2H3,(H,14,15). The molecule has 17 heavy (non-hydrogen) atoms. The zero-order valence-electron chi connectivity index (χ0n) is 10.8. The third-order valence-corrected chi connectivity index (χ3v) is 3.97. The summed E-state index contributed by atoms with van der Waals surface area (Å²) >= 11 is 0. The maximum Gasteiger partial charge on any atom is 0.203 e. The molecule has 1 aromatic heterocycles. The molecule has 96 valence electrons. The maximum absolute atomic E-state index is 9.69. The second-order valence-electron chi connectivity index (χ2n) is 5.28. The number of imidazole rings is 1. The van der Waals surface area contributed by atoms with Gasteiger partial charge < -0.3 is 15.0 Å². The summed E-state index contributed by atoms with van der Waals surface area (Å²) < 4.78 is 2.08. The van der Waals surface area contributed by atoms with Crippen LogP contribution in [0.4, 0.5) is 5.95 Å². The first kappa shape index (κ1) is 12.4. The SMILES string of the molecule is CCn1ccnc1NC1(CO)CCC(C)CC1. The number of anilines is 1. The molecule has 0 bridgehead atoms. The van der Waals surface area contributed by atoms with Crippen molar-refractivity contribution in [2.24, 2.45) is 5.92 Å². The number of aliphatic hydroxyl groups excluding tert-OH is 1.